The maximum absolute atomic E-state index is 14.2. The number of nitrogens with two attached hydrogens (primary N) is 1. The fourth-order valence-electron chi connectivity index (χ4n) is 7.94. The highest BCUT2D eigenvalue weighted by atomic mass is 16.2. The number of benzene rings is 2. The predicted octanol–water partition coefficient (Wildman–Crippen LogP) is 0.0951. The number of nitrogens with zero attached hydrogens (tertiary/aromatic N) is 2. The van der Waals surface area contributed by atoms with E-state index in [1.165, 1.54) is 38.9 Å². The number of para-hydroxylation sites is 1. The van der Waals surface area contributed by atoms with Gasteiger partial charge in [-0.3, -0.25) is 38.4 Å². The largest absolute Gasteiger partial charge is 0.361 e. The number of hydrogen-bond donors (Lipinski definition) is 12. The van der Waals surface area contributed by atoms with Crippen LogP contribution in [0.3, 0.4) is 0 Å². The number of H-pyrrole nitrogens is 3. The average Bonchev–Trinajstić information content (AvgIpc) is 4.15. The van der Waals surface area contributed by atoms with E-state index >= 15 is 0 Å². The van der Waals surface area contributed by atoms with E-state index in [9.17, 15) is 38.4 Å². The molecule has 1 unspecified atom stereocenters. The van der Waals surface area contributed by atoms with Gasteiger partial charge < -0.3 is 63.2 Å². The normalized spacial score (nSPS) is 14.2. The van der Waals surface area contributed by atoms with Gasteiger partial charge >= 0.3 is 0 Å². The zero-order chi connectivity index (χ0) is 52.3. The van der Waals surface area contributed by atoms with Crippen LogP contribution in [0.5, 0.6) is 0 Å². The van der Waals surface area contributed by atoms with Gasteiger partial charge in [-0.15, -0.1) is 0 Å². The van der Waals surface area contributed by atoms with Crippen molar-refractivity contribution >= 4 is 58.2 Å². The lowest BCUT2D eigenvalue weighted by molar-refractivity contribution is -0.135. The van der Waals surface area contributed by atoms with E-state index in [1.807, 2.05) is 68.4 Å². The number of fused-ring (bicyclic) bond motifs is 1. The molecule has 72 heavy (non-hydrogen) atoms. The first-order chi connectivity index (χ1) is 34.4. The highest BCUT2D eigenvalue weighted by molar-refractivity contribution is 5.97. The number of hydrogen-bond acceptors (Lipinski definition) is 11. The molecule has 0 spiro atoms. The number of carbonyl (C=O) groups is 8. The summed E-state index contributed by atoms with van der Waals surface area (Å²) in [5.41, 5.74) is 9.70. The van der Waals surface area contributed by atoms with Crippen LogP contribution >= 0.6 is 0 Å². The lowest BCUT2D eigenvalue weighted by atomic mass is 10.0. The Morgan fingerprint density at radius 2 is 1.18 bits per heavy atom. The molecule has 2 aromatic carbocycles. The molecule has 0 aliphatic carbocycles. The molecular formula is C50H68N14O8. The third-order valence-electron chi connectivity index (χ3n) is 11.7. The average molecular weight is 993 g/mol. The van der Waals surface area contributed by atoms with Crippen molar-refractivity contribution in [2.45, 2.75) is 116 Å². The Kier molecular flexibility index (Phi) is 20.6. The van der Waals surface area contributed by atoms with Gasteiger partial charge in [-0.05, 0) is 48.8 Å². The monoisotopic (exact) mass is 993 g/mol. The first-order valence-corrected chi connectivity index (χ1v) is 24.0. The summed E-state index contributed by atoms with van der Waals surface area (Å²) in [6, 6.07) is 9.22. The van der Waals surface area contributed by atoms with E-state index in [0.717, 1.165) is 16.5 Å². The molecule has 0 aliphatic rings. The molecule has 3 aromatic heterocycles. The van der Waals surface area contributed by atoms with Crippen LogP contribution in [0.2, 0.25) is 0 Å². The van der Waals surface area contributed by atoms with E-state index < -0.39 is 96.1 Å². The summed E-state index contributed by atoms with van der Waals surface area (Å²) in [6.07, 6.45) is 8.40. The molecule has 13 N–H and O–H groups in total. The van der Waals surface area contributed by atoms with Gasteiger partial charge in [-0.2, -0.15) is 0 Å². The van der Waals surface area contributed by atoms with Crippen LogP contribution in [-0.2, 0) is 64.0 Å². The summed E-state index contributed by atoms with van der Waals surface area (Å²) in [5.74, 6) is -5.21. The molecule has 22 nitrogen and oxygen atoms in total. The molecule has 7 atom stereocenters. The van der Waals surface area contributed by atoms with Crippen molar-refractivity contribution in [1.82, 2.24) is 67.5 Å². The van der Waals surface area contributed by atoms with Crippen molar-refractivity contribution in [1.29, 1.82) is 0 Å². The third kappa shape index (κ3) is 17.2. The minimum absolute atomic E-state index is 0.0166. The van der Waals surface area contributed by atoms with Crippen molar-refractivity contribution in [2.75, 3.05) is 13.1 Å². The Bertz CT molecular complexity index is 2580. The smallest absolute Gasteiger partial charge is 0.243 e. The number of imidazole rings is 2. The Balaban J connectivity index is 1.24. The lowest BCUT2D eigenvalue weighted by Crippen LogP contribution is -2.59. The van der Waals surface area contributed by atoms with E-state index in [1.54, 1.807) is 20.0 Å². The molecule has 0 radical (unpaired) electrons. The molecule has 0 bridgehead atoms. The minimum atomic E-state index is -1.27. The van der Waals surface area contributed by atoms with Crippen molar-refractivity contribution in [3.8, 4) is 0 Å². The Morgan fingerprint density at radius 1 is 0.597 bits per heavy atom. The summed E-state index contributed by atoms with van der Waals surface area (Å²) < 4.78 is 0. The van der Waals surface area contributed by atoms with Crippen LogP contribution in [-0.4, -0.2) is 128 Å². The highest BCUT2D eigenvalue weighted by Gasteiger charge is 2.33. The van der Waals surface area contributed by atoms with E-state index in [2.05, 4.69) is 67.5 Å². The molecule has 5 aromatic rings. The van der Waals surface area contributed by atoms with Gasteiger partial charge in [0.05, 0.1) is 25.2 Å². The van der Waals surface area contributed by atoms with Gasteiger partial charge in [-0.1, -0.05) is 76.2 Å². The van der Waals surface area contributed by atoms with Crippen LogP contribution in [0.15, 0.2) is 85.8 Å². The molecule has 5 rings (SSSR count). The van der Waals surface area contributed by atoms with Gasteiger partial charge in [0.25, 0.3) is 0 Å². The van der Waals surface area contributed by atoms with Crippen molar-refractivity contribution < 1.29 is 38.4 Å². The molecule has 0 aliphatic heterocycles. The molecule has 386 valence electrons. The summed E-state index contributed by atoms with van der Waals surface area (Å²) >= 11 is 0. The predicted molar refractivity (Wildman–Crippen MR) is 268 cm³/mol. The first-order valence-electron chi connectivity index (χ1n) is 24.0. The Morgan fingerprint density at radius 3 is 1.79 bits per heavy atom. The van der Waals surface area contributed by atoms with Crippen LogP contribution < -0.4 is 48.3 Å². The maximum Gasteiger partial charge on any atom is 0.243 e. The molecule has 0 saturated heterocycles. The SMILES string of the molecule is CC(=O)NCC(CC(C)C)NC(=O)[C@H](Cc1cnc[nH]1)NC(=O)CNC(=O)[C@@H](NC(=O)[C@H](C)NC(=O)[C@H](Cc1c[nH]c2ccccc12)NC(=O)[C@H](Cc1cnc[nH]1)NC(=O)[C@H](N)Cc1ccccc1)C(C)C. The molecule has 0 fully saturated rings. The highest BCUT2D eigenvalue weighted by Crippen LogP contribution is 2.20. The van der Waals surface area contributed by atoms with E-state index in [4.69, 9.17) is 5.73 Å². The second kappa shape index (κ2) is 26.9. The van der Waals surface area contributed by atoms with Gasteiger partial charge in [0.15, 0.2) is 0 Å². The lowest BCUT2D eigenvalue weighted by Gasteiger charge is -2.27. The minimum Gasteiger partial charge on any atom is -0.361 e. The topological polar surface area (TPSA) is 332 Å². The third-order valence-corrected chi connectivity index (χ3v) is 11.7. The number of carbonyl (C=O) groups excluding carboxylic acids is 8. The standard InChI is InChI=1S/C50H68N14O8/c1-28(2)16-36(24-54-31(6)65)60-48(70)41(19-34-22-52-26-57-34)61-43(66)25-56-50(72)44(29(3)4)64-45(67)30(5)59-47(69)40(18-33-21-55-39-15-11-10-14-37(33)39)63-49(71)42(20-35-23-53-27-58-35)62-46(68)38(51)17-32-12-8-7-9-13-32/h7-15,21-23,26-30,36,38,40-42,44,55H,16-20,24-25,51H2,1-6H3,(H,52,57)(H,53,58)(H,54,65)(H,56,72)(H,59,69)(H,60,70)(H,61,66)(H,62,68)(H,63,71)(H,64,67)/t30-,36?,38+,40-,41-,42-,44-/m0/s1. The number of amides is 8. The zero-order valence-corrected chi connectivity index (χ0v) is 41.5. The number of nitrogens with one attached hydrogen (secondary N) is 11. The Hall–Kier alpha value is -7.88. The van der Waals surface area contributed by atoms with Gasteiger partial charge in [0, 0.05) is 79.7 Å². The quantitative estimate of drug-likeness (QED) is 0.0335. The number of aromatic nitrogens is 5. The van der Waals surface area contributed by atoms with E-state index in [0.29, 0.717) is 23.4 Å². The fraction of sp³-hybridized carbons (Fsp3) is 0.440. The number of rotatable bonds is 27. The van der Waals surface area contributed by atoms with E-state index in [-0.39, 0.29) is 44.1 Å². The molecule has 8 amide bonds. The molecular weight excluding hydrogens is 925 g/mol. The van der Waals surface area contributed by atoms with Gasteiger partial charge in [0.1, 0.15) is 30.2 Å². The van der Waals surface area contributed by atoms with Crippen LogP contribution in [0.1, 0.15) is 70.5 Å². The second-order valence-corrected chi connectivity index (χ2v) is 18.6. The molecule has 0 saturated carbocycles. The van der Waals surface area contributed by atoms with Gasteiger partial charge in [-0.25, -0.2) is 9.97 Å². The molecule has 22 heteroatoms. The second-order valence-electron chi connectivity index (χ2n) is 18.6. The maximum atomic E-state index is 14.2. The van der Waals surface area contributed by atoms with Crippen molar-refractivity contribution in [2.24, 2.45) is 17.6 Å². The van der Waals surface area contributed by atoms with Crippen molar-refractivity contribution in [3.05, 3.63) is 108 Å². The Labute approximate surface area is 417 Å². The molecule has 3 heterocycles. The zero-order valence-electron chi connectivity index (χ0n) is 41.5. The fourth-order valence-corrected chi connectivity index (χ4v) is 7.94. The van der Waals surface area contributed by atoms with Gasteiger partial charge in [0.2, 0.25) is 47.3 Å². The van der Waals surface area contributed by atoms with Crippen LogP contribution in [0.25, 0.3) is 10.9 Å². The summed E-state index contributed by atoms with van der Waals surface area (Å²) in [7, 11) is 0. The van der Waals surface area contributed by atoms with Crippen molar-refractivity contribution in [3.63, 3.8) is 0 Å². The number of aromatic amines is 3. The first kappa shape index (κ1) is 55.1. The van der Waals surface area contributed by atoms with Crippen LogP contribution in [0, 0.1) is 11.8 Å². The summed E-state index contributed by atoms with van der Waals surface area (Å²) in [5, 5.41) is 22.5. The summed E-state index contributed by atoms with van der Waals surface area (Å²) in [4.78, 5) is 125. The van der Waals surface area contributed by atoms with Crippen LogP contribution in [0.4, 0.5) is 0 Å². The summed E-state index contributed by atoms with van der Waals surface area (Å²) in [6.45, 7) is 9.77.